The number of halogens is 1. The van der Waals surface area contributed by atoms with Crippen molar-refractivity contribution >= 4 is 5.82 Å². The maximum Gasteiger partial charge on any atom is 0.318 e. The Labute approximate surface area is 287 Å². The molecule has 1 spiro atoms. The van der Waals surface area contributed by atoms with Crippen LogP contribution in [0.25, 0.3) is 11.4 Å². The highest BCUT2D eigenvalue weighted by molar-refractivity contribution is 5.57. The summed E-state index contributed by atoms with van der Waals surface area (Å²) in [5, 5.41) is 4.96. The van der Waals surface area contributed by atoms with E-state index in [4.69, 9.17) is 24.5 Å². The number of likely N-dealkylation sites (N-methyl/N-ethyl adjacent to an activating group) is 1. The molecule has 9 rings (SSSR count). The first kappa shape index (κ1) is 30.9. The predicted octanol–water partition coefficient (Wildman–Crippen LogP) is 5.33. The van der Waals surface area contributed by atoms with Crippen molar-refractivity contribution in [2.24, 2.45) is 0 Å². The first-order chi connectivity index (χ1) is 23.9. The topological polar surface area (TPSA) is 84.7 Å². The van der Waals surface area contributed by atoms with E-state index in [1.165, 1.54) is 16.7 Å². The lowest BCUT2D eigenvalue weighted by Gasteiger charge is -2.49. The van der Waals surface area contributed by atoms with E-state index >= 15 is 0 Å². The highest BCUT2D eigenvalue weighted by atomic mass is 19.1. The summed E-state index contributed by atoms with van der Waals surface area (Å²) in [6, 6.07) is 17.3. The van der Waals surface area contributed by atoms with Crippen molar-refractivity contribution in [3.63, 3.8) is 0 Å². The Balaban J connectivity index is 1.09. The van der Waals surface area contributed by atoms with Gasteiger partial charge in [-0.05, 0) is 75.4 Å². The zero-order chi connectivity index (χ0) is 33.2. The van der Waals surface area contributed by atoms with E-state index in [9.17, 15) is 4.39 Å². The molecular weight excluding hydrogens is 619 g/mol. The first-order valence-electron chi connectivity index (χ1n) is 18.0. The normalized spacial score (nSPS) is 26.6. The number of alkyl halides is 1. The second-order valence-electron chi connectivity index (χ2n) is 14.8. The Morgan fingerprint density at radius 3 is 2.78 bits per heavy atom. The van der Waals surface area contributed by atoms with Crippen molar-refractivity contribution in [1.82, 2.24) is 34.5 Å². The van der Waals surface area contributed by atoms with Gasteiger partial charge in [0.1, 0.15) is 24.3 Å². The number of anilines is 1. The number of fused-ring (bicyclic) bond motifs is 5. The number of rotatable bonds is 6. The lowest BCUT2D eigenvalue weighted by Crippen LogP contribution is -2.51. The Bertz CT molecular complexity index is 1880. The fourth-order valence-corrected chi connectivity index (χ4v) is 9.50. The summed E-state index contributed by atoms with van der Waals surface area (Å²) >= 11 is 0. The second kappa shape index (κ2) is 12.1. The lowest BCUT2D eigenvalue weighted by molar-refractivity contribution is 0.0714. The minimum Gasteiger partial charge on any atom is -0.481 e. The molecule has 0 bridgehead atoms. The molecule has 49 heavy (non-hydrogen) atoms. The van der Waals surface area contributed by atoms with E-state index in [1.807, 2.05) is 18.2 Å². The molecule has 2 saturated heterocycles. The van der Waals surface area contributed by atoms with Crippen LogP contribution in [0.2, 0.25) is 0 Å². The van der Waals surface area contributed by atoms with Crippen LogP contribution in [0.3, 0.4) is 0 Å². The molecule has 2 fully saturated rings. The summed E-state index contributed by atoms with van der Waals surface area (Å²) in [4.78, 5) is 22.3. The molecule has 4 aliphatic heterocycles. The molecule has 256 valence electrons. The maximum absolute atomic E-state index is 14.7. The van der Waals surface area contributed by atoms with Gasteiger partial charge in [-0.3, -0.25) is 14.5 Å². The number of aryl methyl sites for hydroxylation is 2. The van der Waals surface area contributed by atoms with Gasteiger partial charge in [0.15, 0.2) is 0 Å². The summed E-state index contributed by atoms with van der Waals surface area (Å²) in [6.45, 7) is 4.94. The van der Waals surface area contributed by atoms with Crippen molar-refractivity contribution in [3.05, 3.63) is 76.6 Å². The molecule has 5 aliphatic rings. The molecule has 3 atom stereocenters. The minimum absolute atomic E-state index is 0.116. The number of hydrogen-bond donors (Lipinski definition) is 0. The van der Waals surface area contributed by atoms with Gasteiger partial charge in [-0.2, -0.15) is 15.1 Å². The van der Waals surface area contributed by atoms with E-state index in [1.54, 1.807) is 7.11 Å². The first-order valence-corrected chi connectivity index (χ1v) is 18.0. The van der Waals surface area contributed by atoms with E-state index in [-0.39, 0.29) is 11.1 Å². The average Bonchev–Trinajstić information content (AvgIpc) is 3.75. The van der Waals surface area contributed by atoms with E-state index < -0.39 is 6.17 Å². The van der Waals surface area contributed by atoms with Gasteiger partial charge in [0.25, 0.3) is 0 Å². The molecule has 4 aromatic rings. The number of methoxy groups -OCH3 is 1. The van der Waals surface area contributed by atoms with Crippen LogP contribution >= 0.6 is 0 Å². The average molecular weight is 665 g/mol. The van der Waals surface area contributed by atoms with Crippen LogP contribution in [-0.2, 0) is 38.0 Å². The maximum atomic E-state index is 14.7. The molecule has 11 heteroatoms. The SMILES string of the molecule is COc1cccc(-c2cc3n(n2)CCCN(c2nc(OC[C@@]45CCCN4C[C@H](F)C5)nc4c2CN(C)[C@@]2(CCCc5ccccc52)C4)C3)n1. The Morgan fingerprint density at radius 1 is 0.939 bits per heavy atom. The molecule has 10 nitrogen and oxygen atoms in total. The highest BCUT2D eigenvalue weighted by Crippen LogP contribution is 2.47. The number of ether oxygens (including phenoxy) is 2. The van der Waals surface area contributed by atoms with Gasteiger partial charge in [0, 0.05) is 50.7 Å². The zero-order valence-corrected chi connectivity index (χ0v) is 28.6. The molecule has 3 aromatic heterocycles. The monoisotopic (exact) mass is 664 g/mol. The van der Waals surface area contributed by atoms with Crippen LogP contribution in [0, 0.1) is 0 Å². The van der Waals surface area contributed by atoms with Gasteiger partial charge in [0.2, 0.25) is 5.88 Å². The zero-order valence-electron chi connectivity index (χ0n) is 28.6. The summed E-state index contributed by atoms with van der Waals surface area (Å²) in [7, 11) is 3.90. The second-order valence-corrected chi connectivity index (χ2v) is 14.8. The van der Waals surface area contributed by atoms with Crippen LogP contribution in [0.5, 0.6) is 11.9 Å². The molecule has 0 amide bonds. The standard InChI is InChI=1S/C38H45FN8O2/c1-44-24-29-33(21-38(44)15-6-10-26-9-3-4-11-30(26)38)41-36(49-25-37-14-7-17-46(37)22-27(39)20-37)42-35(29)45-16-8-18-47-28(23-45)19-32(43-47)31-12-5-13-34(40-31)48-2/h3-5,9,11-13,19,27H,6-8,10,14-18,20-25H2,1-2H3/t27-,37+,38+/m1/s1. The number of hydrogen-bond acceptors (Lipinski definition) is 9. The molecule has 7 heterocycles. The van der Waals surface area contributed by atoms with Gasteiger partial charge < -0.3 is 14.4 Å². The van der Waals surface area contributed by atoms with Crippen LogP contribution in [0.1, 0.15) is 66.6 Å². The van der Waals surface area contributed by atoms with Gasteiger partial charge in [0.05, 0.1) is 41.8 Å². The van der Waals surface area contributed by atoms with Gasteiger partial charge >= 0.3 is 6.01 Å². The summed E-state index contributed by atoms with van der Waals surface area (Å²) < 4.78 is 28.7. The number of benzene rings is 1. The van der Waals surface area contributed by atoms with Crippen molar-refractivity contribution in [3.8, 4) is 23.3 Å². The van der Waals surface area contributed by atoms with Crippen LogP contribution in [-0.4, -0.2) is 86.6 Å². The van der Waals surface area contributed by atoms with Gasteiger partial charge in [-0.1, -0.05) is 30.3 Å². The Hall–Kier alpha value is -4.09. The van der Waals surface area contributed by atoms with Crippen molar-refractivity contribution < 1.29 is 13.9 Å². The molecule has 0 saturated carbocycles. The van der Waals surface area contributed by atoms with E-state index in [2.05, 4.69) is 61.7 Å². The number of nitrogens with zero attached hydrogens (tertiary/aromatic N) is 8. The van der Waals surface area contributed by atoms with Crippen LogP contribution in [0.15, 0.2) is 48.5 Å². The van der Waals surface area contributed by atoms with E-state index in [0.29, 0.717) is 38.0 Å². The van der Waals surface area contributed by atoms with Gasteiger partial charge in [-0.15, -0.1) is 0 Å². The highest BCUT2D eigenvalue weighted by Gasteiger charge is 2.50. The third-order valence-electron chi connectivity index (χ3n) is 11.9. The predicted molar refractivity (Wildman–Crippen MR) is 184 cm³/mol. The van der Waals surface area contributed by atoms with E-state index in [0.717, 1.165) is 99.7 Å². The summed E-state index contributed by atoms with van der Waals surface area (Å²) in [5.41, 5.74) is 7.50. The van der Waals surface area contributed by atoms with Crippen LogP contribution in [0.4, 0.5) is 10.2 Å². The van der Waals surface area contributed by atoms with Gasteiger partial charge in [-0.25, -0.2) is 9.37 Å². The van der Waals surface area contributed by atoms with Crippen molar-refractivity contribution in [2.75, 3.05) is 45.3 Å². The third kappa shape index (κ3) is 5.28. The molecule has 0 N–H and O–H groups in total. The molecule has 1 aliphatic carbocycles. The number of pyridine rings is 1. The largest absolute Gasteiger partial charge is 0.481 e. The molecule has 0 radical (unpaired) electrons. The number of aromatic nitrogens is 5. The molecule has 0 unspecified atom stereocenters. The third-order valence-corrected chi connectivity index (χ3v) is 11.9. The van der Waals surface area contributed by atoms with Crippen LogP contribution < -0.4 is 14.4 Å². The fourth-order valence-electron chi connectivity index (χ4n) is 9.50. The minimum atomic E-state index is -0.801. The summed E-state index contributed by atoms with van der Waals surface area (Å²) in [5.74, 6) is 1.52. The quantitative estimate of drug-likeness (QED) is 0.272. The molecule has 1 aromatic carbocycles. The Kier molecular flexibility index (Phi) is 7.61. The molecular formula is C38H45FN8O2. The lowest BCUT2D eigenvalue weighted by atomic mass is 9.71. The smallest absolute Gasteiger partial charge is 0.318 e. The Morgan fingerprint density at radius 2 is 1.86 bits per heavy atom. The van der Waals surface area contributed by atoms with Crippen molar-refractivity contribution in [2.45, 2.75) is 88.3 Å². The fraction of sp³-hybridized carbons (Fsp3) is 0.526. The van der Waals surface area contributed by atoms with Crippen molar-refractivity contribution in [1.29, 1.82) is 0 Å². The summed E-state index contributed by atoms with van der Waals surface area (Å²) in [6.07, 6.45) is 6.86.